The molecule has 3 rings (SSSR count). The van der Waals surface area contributed by atoms with Crippen LogP contribution in [0.5, 0.6) is 0 Å². The fraction of sp³-hybridized carbons (Fsp3) is 0.818. The largest absolute Gasteiger partial charge is 0.317 e. The Bertz CT molecular complexity index is 323. The second-order valence-electron chi connectivity index (χ2n) is 4.81. The standard InChI is InChI=1S/C11H18N4/c1-2-9(1)7-15-8-13-14-11(15)10-3-5-12-6-4-10/h8-10,12H,1-7H2. The highest BCUT2D eigenvalue weighted by Crippen LogP contribution is 2.32. The van der Waals surface area contributed by atoms with Crippen molar-refractivity contribution in [1.82, 2.24) is 20.1 Å². The van der Waals surface area contributed by atoms with Gasteiger partial charge in [-0.3, -0.25) is 0 Å². The molecule has 0 bridgehead atoms. The molecule has 1 N–H and O–H groups in total. The molecule has 2 aliphatic rings. The first-order chi connectivity index (χ1) is 7.43. The van der Waals surface area contributed by atoms with Crippen LogP contribution in [0.1, 0.15) is 37.4 Å². The van der Waals surface area contributed by atoms with Crippen molar-refractivity contribution < 1.29 is 0 Å². The molecular formula is C11H18N4. The van der Waals surface area contributed by atoms with Crippen LogP contribution in [0.25, 0.3) is 0 Å². The van der Waals surface area contributed by atoms with Crippen molar-refractivity contribution >= 4 is 0 Å². The Morgan fingerprint density at radius 3 is 2.80 bits per heavy atom. The van der Waals surface area contributed by atoms with Crippen molar-refractivity contribution in [2.24, 2.45) is 5.92 Å². The first kappa shape index (κ1) is 9.33. The predicted molar refractivity (Wildman–Crippen MR) is 57.6 cm³/mol. The first-order valence-electron chi connectivity index (χ1n) is 6.02. The van der Waals surface area contributed by atoms with Crippen molar-refractivity contribution in [2.75, 3.05) is 13.1 Å². The lowest BCUT2D eigenvalue weighted by molar-refractivity contribution is 0.425. The molecular weight excluding hydrogens is 188 g/mol. The van der Waals surface area contributed by atoms with Gasteiger partial charge in [-0.15, -0.1) is 10.2 Å². The Balaban J connectivity index is 1.73. The minimum Gasteiger partial charge on any atom is -0.317 e. The zero-order valence-corrected chi connectivity index (χ0v) is 9.02. The van der Waals surface area contributed by atoms with Gasteiger partial charge in [-0.1, -0.05) is 0 Å². The molecule has 2 fully saturated rings. The van der Waals surface area contributed by atoms with Gasteiger partial charge in [-0.05, 0) is 44.7 Å². The number of hydrogen-bond acceptors (Lipinski definition) is 3. The molecule has 1 aromatic heterocycles. The lowest BCUT2D eigenvalue weighted by Gasteiger charge is -2.22. The predicted octanol–water partition coefficient (Wildman–Crippen LogP) is 1.16. The van der Waals surface area contributed by atoms with Crippen molar-refractivity contribution in [3.63, 3.8) is 0 Å². The topological polar surface area (TPSA) is 42.7 Å². The fourth-order valence-electron chi connectivity index (χ4n) is 2.38. The van der Waals surface area contributed by atoms with Crippen molar-refractivity contribution in [3.05, 3.63) is 12.2 Å². The van der Waals surface area contributed by atoms with Gasteiger partial charge in [0.15, 0.2) is 0 Å². The SMILES string of the molecule is c1nnc(C2CCNCC2)n1CC1CC1. The van der Waals surface area contributed by atoms with Crippen LogP contribution in [0.2, 0.25) is 0 Å². The molecule has 0 radical (unpaired) electrons. The highest BCUT2D eigenvalue weighted by Gasteiger charge is 2.25. The summed E-state index contributed by atoms with van der Waals surface area (Å²) in [7, 11) is 0. The second-order valence-corrected chi connectivity index (χ2v) is 4.81. The lowest BCUT2D eigenvalue weighted by atomic mass is 9.97. The first-order valence-corrected chi connectivity index (χ1v) is 6.02. The smallest absolute Gasteiger partial charge is 0.136 e. The van der Waals surface area contributed by atoms with Gasteiger partial charge in [0.25, 0.3) is 0 Å². The summed E-state index contributed by atoms with van der Waals surface area (Å²) in [6.07, 6.45) is 7.12. The van der Waals surface area contributed by atoms with Gasteiger partial charge in [0, 0.05) is 12.5 Å². The third-order valence-corrected chi connectivity index (χ3v) is 3.50. The van der Waals surface area contributed by atoms with E-state index < -0.39 is 0 Å². The highest BCUT2D eigenvalue weighted by atomic mass is 15.3. The van der Waals surface area contributed by atoms with Crippen LogP contribution in [0, 0.1) is 5.92 Å². The number of hydrogen-bond donors (Lipinski definition) is 1. The van der Waals surface area contributed by atoms with E-state index in [0.717, 1.165) is 25.6 Å². The van der Waals surface area contributed by atoms with E-state index in [9.17, 15) is 0 Å². The molecule has 1 aliphatic heterocycles. The van der Waals surface area contributed by atoms with Crippen LogP contribution in [-0.4, -0.2) is 27.9 Å². The average molecular weight is 206 g/mol. The Morgan fingerprint density at radius 1 is 1.27 bits per heavy atom. The highest BCUT2D eigenvalue weighted by molar-refractivity contribution is 4.99. The van der Waals surface area contributed by atoms with E-state index in [1.807, 2.05) is 6.33 Å². The maximum Gasteiger partial charge on any atom is 0.136 e. The number of nitrogens with one attached hydrogen (secondary N) is 1. The minimum atomic E-state index is 0.632. The third kappa shape index (κ3) is 2.04. The van der Waals surface area contributed by atoms with Gasteiger partial charge in [0.1, 0.15) is 12.2 Å². The Hall–Kier alpha value is -0.900. The fourth-order valence-corrected chi connectivity index (χ4v) is 2.38. The molecule has 2 heterocycles. The second kappa shape index (κ2) is 3.93. The summed E-state index contributed by atoms with van der Waals surface area (Å²) in [6, 6.07) is 0. The molecule has 1 aromatic rings. The molecule has 0 amide bonds. The molecule has 0 spiro atoms. The molecule has 0 aromatic carbocycles. The molecule has 4 nitrogen and oxygen atoms in total. The monoisotopic (exact) mass is 206 g/mol. The summed E-state index contributed by atoms with van der Waals surface area (Å²) in [4.78, 5) is 0. The van der Waals surface area contributed by atoms with Gasteiger partial charge in [0.2, 0.25) is 0 Å². The van der Waals surface area contributed by atoms with Gasteiger partial charge in [-0.2, -0.15) is 0 Å². The van der Waals surface area contributed by atoms with E-state index in [1.165, 1.54) is 31.5 Å². The Labute approximate surface area is 90.1 Å². The zero-order valence-electron chi connectivity index (χ0n) is 9.02. The summed E-state index contributed by atoms with van der Waals surface area (Å²) >= 11 is 0. The van der Waals surface area contributed by atoms with Crippen LogP contribution in [0.15, 0.2) is 6.33 Å². The molecule has 82 valence electrons. The summed E-state index contributed by atoms with van der Waals surface area (Å²) in [6.45, 7) is 3.40. The van der Waals surface area contributed by atoms with Crippen LogP contribution in [0.4, 0.5) is 0 Å². The van der Waals surface area contributed by atoms with Gasteiger partial charge in [-0.25, -0.2) is 0 Å². The maximum absolute atomic E-state index is 4.31. The normalized spacial score (nSPS) is 23.2. The van der Waals surface area contributed by atoms with Crippen LogP contribution >= 0.6 is 0 Å². The van der Waals surface area contributed by atoms with E-state index in [4.69, 9.17) is 0 Å². The van der Waals surface area contributed by atoms with Gasteiger partial charge >= 0.3 is 0 Å². The van der Waals surface area contributed by atoms with Crippen LogP contribution in [0.3, 0.4) is 0 Å². The van der Waals surface area contributed by atoms with Crippen molar-refractivity contribution in [1.29, 1.82) is 0 Å². The molecule has 1 saturated heterocycles. The molecule has 4 heteroatoms. The summed E-state index contributed by atoms with van der Waals surface area (Å²) < 4.78 is 2.29. The average Bonchev–Trinajstić information content (AvgIpc) is 2.96. The number of aromatic nitrogens is 3. The number of piperidine rings is 1. The third-order valence-electron chi connectivity index (χ3n) is 3.50. The van der Waals surface area contributed by atoms with E-state index >= 15 is 0 Å². The zero-order chi connectivity index (χ0) is 10.1. The number of rotatable bonds is 3. The summed E-state index contributed by atoms with van der Waals surface area (Å²) in [5, 5.41) is 11.8. The molecule has 0 unspecified atom stereocenters. The van der Waals surface area contributed by atoms with E-state index in [0.29, 0.717) is 5.92 Å². The molecule has 1 aliphatic carbocycles. The van der Waals surface area contributed by atoms with Gasteiger partial charge in [0.05, 0.1) is 0 Å². The van der Waals surface area contributed by atoms with Crippen LogP contribution in [-0.2, 0) is 6.54 Å². The molecule has 1 saturated carbocycles. The maximum atomic E-state index is 4.31. The molecule has 0 atom stereocenters. The quantitative estimate of drug-likeness (QED) is 0.807. The molecule has 15 heavy (non-hydrogen) atoms. The van der Waals surface area contributed by atoms with E-state index in [1.54, 1.807) is 0 Å². The Kier molecular flexibility index (Phi) is 2.44. The summed E-state index contributed by atoms with van der Waals surface area (Å²) in [5.74, 6) is 2.76. The lowest BCUT2D eigenvalue weighted by Crippen LogP contribution is -2.28. The summed E-state index contributed by atoms with van der Waals surface area (Å²) in [5.41, 5.74) is 0. The van der Waals surface area contributed by atoms with E-state index in [-0.39, 0.29) is 0 Å². The van der Waals surface area contributed by atoms with Crippen LogP contribution < -0.4 is 5.32 Å². The van der Waals surface area contributed by atoms with Gasteiger partial charge < -0.3 is 9.88 Å². The van der Waals surface area contributed by atoms with Crippen molar-refractivity contribution in [3.8, 4) is 0 Å². The minimum absolute atomic E-state index is 0.632. The van der Waals surface area contributed by atoms with E-state index in [2.05, 4.69) is 20.1 Å². The Morgan fingerprint density at radius 2 is 2.07 bits per heavy atom. The number of nitrogens with zero attached hydrogens (tertiary/aromatic N) is 3. The van der Waals surface area contributed by atoms with Crippen molar-refractivity contribution in [2.45, 2.75) is 38.1 Å².